The second-order valence-electron chi connectivity index (χ2n) is 5.86. The molecule has 0 unspecified atom stereocenters. The summed E-state index contributed by atoms with van der Waals surface area (Å²) in [6.45, 7) is 8.82. The average molecular weight is 252 g/mol. The molecule has 102 valence electrons. The summed E-state index contributed by atoms with van der Waals surface area (Å²) in [5, 5.41) is 3.95. The van der Waals surface area contributed by atoms with E-state index in [4.69, 9.17) is 10.3 Å². The van der Waals surface area contributed by atoms with Crippen LogP contribution in [0.2, 0.25) is 0 Å². The molecule has 1 aliphatic carbocycles. The Labute approximate surface area is 109 Å². The molecule has 1 saturated carbocycles. The van der Waals surface area contributed by atoms with Crippen molar-refractivity contribution >= 4 is 0 Å². The van der Waals surface area contributed by atoms with Crippen molar-refractivity contribution in [1.82, 2.24) is 15.0 Å². The van der Waals surface area contributed by atoms with Crippen LogP contribution in [0.15, 0.2) is 4.52 Å². The fourth-order valence-electron chi connectivity index (χ4n) is 2.12. The molecule has 0 amide bonds. The van der Waals surface area contributed by atoms with E-state index in [1.165, 1.54) is 19.3 Å². The first-order valence-electron chi connectivity index (χ1n) is 6.83. The number of aromatic nitrogens is 2. The van der Waals surface area contributed by atoms with Crippen molar-refractivity contribution in [2.75, 3.05) is 13.1 Å². The minimum absolute atomic E-state index is 0.535. The van der Waals surface area contributed by atoms with E-state index in [9.17, 15) is 0 Å². The lowest BCUT2D eigenvalue weighted by molar-refractivity contribution is 0.162. The van der Waals surface area contributed by atoms with Crippen LogP contribution in [0.5, 0.6) is 0 Å². The molecule has 0 atom stereocenters. The third-order valence-electron chi connectivity index (χ3n) is 3.59. The Morgan fingerprint density at radius 1 is 1.44 bits per heavy atom. The van der Waals surface area contributed by atoms with Gasteiger partial charge in [-0.1, -0.05) is 18.5 Å². The molecule has 1 aliphatic rings. The number of nitrogens with zero attached hydrogens (tertiary/aromatic N) is 3. The standard InChI is InChI=1S/C13H24N4O/c1-4-17(8-10-6-5-7-10)9-11-15-12(16-18-11)13(2,3)14/h10H,4-9,14H2,1-3H3. The van der Waals surface area contributed by atoms with Gasteiger partial charge >= 0.3 is 0 Å². The van der Waals surface area contributed by atoms with Crippen molar-refractivity contribution < 1.29 is 4.52 Å². The molecule has 5 heteroatoms. The smallest absolute Gasteiger partial charge is 0.240 e. The van der Waals surface area contributed by atoms with Crippen molar-refractivity contribution in [2.24, 2.45) is 11.7 Å². The van der Waals surface area contributed by atoms with E-state index in [-0.39, 0.29) is 0 Å². The SMILES string of the molecule is CCN(Cc1nc(C(C)(C)N)no1)CC1CCC1. The van der Waals surface area contributed by atoms with Gasteiger partial charge in [0.15, 0.2) is 5.82 Å². The predicted octanol–water partition coefficient (Wildman–Crippen LogP) is 1.89. The zero-order valence-electron chi connectivity index (χ0n) is 11.6. The van der Waals surface area contributed by atoms with E-state index in [0.717, 1.165) is 25.6 Å². The Bertz CT molecular complexity index is 379. The Morgan fingerprint density at radius 3 is 2.61 bits per heavy atom. The van der Waals surface area contributed by atoms with Crippen LogP contribution >= 0.6 is 0 Å². The molecule has 0 bridgehead atoms. The quantitative estimate of drug-likeness (QED) is 0.837. The normalized spacial score (nSPS) is 17.2. The highest BCUT2D eigenvalue weighted by molar-refractivity contribution is 4.99. The molecule has 0 radical (unpaired) electrons. The van der Waals surface area contributed by atoms with E-state index < -0.39 is 5.54 Å². The van der Waals surface area contributed by atoms with Crippen LogP contribution in [0, 0.1) is 5.92 Å². The minimum atomic E-state index is -0.535. The lowest BCUT2D eigenvalue weighted by atomic mass is 9.85. The first-order valence-corrected chi connectivity index (χ1v) is 6.83. The van der Waals surface area contributed by atoms with Crippen LogP contribution in [0.1, 0.15) is 51.7 Å². The van der Waals surface area contributed by atoms with Gasteiger partial charge < -0.3 is 10.3 Å². The van der Waals surface area contributed by atoms with Crippen LogP contribution in [-0.4, -0.2) is 28.1 Å². The van der Waals surface area contributed by atoms with Crippen molar-refractivity contribution in [2.45, 2.75) is 52.1 Å². The number of rotatable bonds is 6. The van der Waals surface area contributed by atoms with Crippen molar-refractivity contribution in [3.8, 4) is 0 Å². The van der Waals surface area contributed by atoms with Gasteiger partial charge in [-0.25, -0.2) is 0 Å². The van der Waals surface area contributed by atoms with E-state index in [2.05, 4.69) is 22.0 Å². The zero-order valence-corrected chi connectivity index (χ0v) is 11.6. The summed E-state index contributed by atoms with van der Waals surface area (Å²) in [6, 6.07) is 0. The highest BCUT2D eigenvalue weighted by Gasteiger charge is 2.24. The fraction of sp³-hybridized carbons (Fsp3) is 0.846. The highest BCUT2D eigenvalue weighted by atomic mass is 16.5. The Kier molecular flexibility index (Phi) is 4.02. The zero-order chi connectivity index (χ0) is 13.2. The summed E-state index contributed by atoms with van der Waals surface area (Å²) in [6.07, 6.45) is 4.11. The molecule has 2 rings (SSSR count). The van der Waals surface area contributed by atoms with Crippen molar-refractivity contribution in [3.05, 3.63) is 11.7 Å². The number of hydrogen-bond acceptors (Lipinski definition) is 5. The molecule has 18 heavy (non-hydrogen) atoms. The van der Waals surface area contributed by atoms with Crippen LogP contribution in [0.3, 0.4) is 0 Å². The average Bonchev–Trinajstić information content (AvgIpc) is 2.69. The third kappa shape index (κ3) is 3.29. The van der Waals surface area contributed by atoms with Gasteiger partial charge in [-0.2, -0.15) is 4.98 Å². The summed E-state index contributed by atoms with van der Waals surface area (Å²) < 4.78 is 5.27. The molecule has 1 aromatic heterocycles. The molecular formula is C13H24N4O. The Balaban J connectivity index is 1.92. The molecular weight excluding hydrogens is 228 g/mol. The van der Waals surface area contributed by atoms with Gasteiger partial charge in [-0.05, 0) is 39.2 Å². The van der Waals surface area contributed by atoms with Crippen LogP contribution in [0.4, 0.5) is 0 Å². The number of hydrogen-bond donors (Lipinski definition) is 1. The molecule has 2 N–H and O–H groups in total. The molecule has 1 fully saturated rings. The molecule has 0 aromatic carbocycles. The van der Waals surface area contributed by atoms with Gasteiger partial charge in [-0.3, -0.25) is 4.90 Å². The third-order valence-corrected chi connectivity index (χ3v) is 3.59. The van der Waals surface area contributed by atoms with Gasteiger partial charge in [0.2, 0.25) is 5.89 Å². The van der Waals surface area contributed by atoms with Crippen molar-refractivity contribution in [1.29, 1.82) is 0 Å². The van der Waals surface area contributed by atoms with Gasteiger partial charge in [0, 0.05) is 6.54 Å². The second kappa shape index (κ2) is 5.36. The second-order valence-corrected chi connectivity index (χ2v) is 5.86. The van der Waals surface area contributed by atoms with Gasteiger partial charge in [0.05, 0.1) is 12.1 Å². The topological polar surface area (TPSA) is 68.2 Å². The largest absolute Gasteiger partial charge is 0.338 e. The Morgan fingerprint density at radius 2 is 2.17 bits per heavy atom. The molecule has 1 heterocycles. The maximum absolute atomic E-state index is 5.95. The first kappa shape index (κ1) is 13.5. The summed E-state index contributed by atoms with van der Waals surface area (Å²) in [7, 11) is 0. The van der Waals surface area contributed by atoms with E-state index in [1.54, 1.807) is 0 Å². The maximum Gasteiger partial charge on any atom is 0.240 e. The molecule has 5 nitrogen and oxygen atoms in total. The van der Waals surface area contributed by atoms with Crippen molar-refractivity contribution in [3.63, 3.8) is 0 Å². The summed E-state index contributed by atoms with van der Waals surface area (Å²) in [4.78, 5) is 6.74. The molecule has 0 spiro atoms. The minimum Gasteiger partial charge on any atom is -0.338 e. The van der Waals surface area contributed by atoms with Gasteiger partial charge in [0.1, 0.15) is 0 Å². The van der Waals surface area contributed by atoms with E-state index in [1.807, 2.05) is 13.8 Å². The number of nitrogens with two attached hydrogens (primary N) is 1. The van der Waals surface area contributed by atoms with E-state index >= 15 is 0 Å². The summed E-state index contributed by atoms with van der Waals surface area (Å²) in [5.74, 6) is 2.11. The highest BCUT2D eigenvalue weighted by Crippen LogP contribution is 2.27. The maximum atomic E-state index is 5.95. The lowest BCUT2D eigenvalue weighted by Gasteiger charge is -2.30. The molecule has 0 aliphatic heterocycles. The molecule has 0 saturated heterocycles. The predicted molar refractivity (Wildman–Crippen MR) is 69.8 cm³/mol. The van der Waals surface area contributed by atoms with Gasteiger partial charge in [-0.15, -0.1) is 0 Å². The van der Waals surface area contributed by atoms with Crippen LogP contribution in [-0.2, 0) is 12.1 Å². The van der Waals surface area contributed by atoms with E-state index in [0.29, 0.717) is 11.7 Å². The monoisotopic (exact) mass is 252 g/mol. The summed E-state index contributed by atoms with van der Waals surface area (Å²) >= 11 is 0. The first-order chi connectivity index (χ1) is 8.49. The van der Waals surface area contributed by atoms with Crippen LogP contribution in [0.25, 0.3) is 0 Å². The molecule has 1 aromatic rings. The fourth-order valence-corrected chi connectivity index (χ4v) is 2.12. The lowest BCUT2D eigenvalue weighted by Crippen LogP contribution is -2.32. The Hall–Kier alpha value is -0.940. The van der Waals surface area contributed by atoms with Crippen LogP contribution < -0.4 is 5.73 Å². The van der Waals surface area contributed by atoms with Gasteiger partial charge in [0.25, 0.3) is 0 Å². The summed E-state index contributed by atoms with van der Waals surface area (Å²) in [5.41, 5.74) is 5.41.